The number of fused-ring (bicyclic) bond motifs is 2. The molecule has 4 rings (SSSR count). The van der Waals surface area contributed by atoms with Crippen molar-refractivity contribution in [3.05, 3.63) is 74.4 Å². The Labute approximate surface area is 203 Å². The SMILES string of the molecule is C[C@](N)(Cc1ccc2ncc(OC(=O)[C@@](C)(N)Cc3ccc4[nH]c(=O)c(=O)[nH]c4c3)nc2c1)C(=O)O. The predicted octanol–water partition coefficient (Wildman–Crippen LogP) is 0.370. The van der Waals surface area contributed by atoms with Gasteiger partial charge in [0.15, 0.2) is 0 Å². The maximum Gasteiger partial charge on any atom is 0.332 e. The molecule has 2 aromatic carbocycles. The molecule has 0 bridgehead atoms. The molecule has 0 fully saturated rings. The van der Waals surface area contributed by atoms with E-state index in [1.807, 2.05) is 0 Å². The zero-order valence-electron chi connectivity index (χ0n) is 19.5. The van der Waals surface area contributed by atoms with Gasteiger partial charge in [-0.05, 0) is 49.2 Å². The highest BCUT2D eigenvalue weighted by Gasteiger charge is 2.32. The topological polar surface area (TPSA) is 207 Å². The van der Waals surface area contributed by atoms with Crippen molar-refractivity contribution in [2.75, 3.05) is 0 Å². The molecule has 0 saturated heterocycles. The largest absolute Gasteiger partial charge is 0.480 e. The fraction of sp³-hybridized carbons (Fsp3) is 0.250. The van der Waals surface area contributed by atoms with Crippen molar-refractivity contribution >= 4 is 34.0 Å². The Kier molecular flexibility index (Phi) is 6.16. The molecule has 0 aliphatic carbocycles. The number of H-pyrrole nitrogens is 2. The molecule has 0 unspecified atom stereocenters. The summed E-state index contributed by atoms with van der Waals surface area (Å²) in [6.45, 7) is 2.91. The number of nitrogens with one attached hydrogen (secondary N) is 2. The molecule has 0 amide bonds. The first kappa shape index (κ1) is 24.7. The van der Waals surface area contributed by atoms with Crippen LogP contribution in [0.5, 0.6) is 5.88 Å². The minimum Gasteiger partial charge on any atom is -0.480 e. The van der Waals surface area contributed by atoms with Gasteiger partial charge in [-0.3, -0.25) is 14.4 Å². The summed E-state index contributed by atoms with van der Waals surface area (Å²) in [7, 11) is 0. The van der Waals surface area contributed by atoms with Crippen LogP contribution in [0.25, 0.3) is 22.1 Å². The van der Waals surface area contributed by atoms with Crippen LogP contribution in [0.2, 0.25) is 0 Å². The van der Waals surface area contributed by atoms with Gasteiger partial charge in [-0.15, -0.1) is 0 Å². The number of hydrogen-bond acceptors (Lipinski definition) is 9. The molecular formula is C24H24N6O6. The number of carbonyl (C=O) groups excluding carboxylic acids is 1. The Balaban J connectivity index is 1.53. The molecule has 4 aromatic rings. The van der Waals surface area contributed by atoms with Gasteiger partial charge < -0.3 is 31.3 Å². The van der Waals surface area contributed by atoms with Crippen LogP contribution < -0.4 is 27.3 Å². The van der Waals surface area contributed by atoms with E-state index < -0.39 is 34.1 Å². The van der Waals surface area contributed by atoms with Crippen molar-refractivity contribution in [1.29, 1.82) is 0 Å². The Morgan fingerprint density at radius 1 is 0.917 bits per heavy atom. The minimum absolute atomic E-state index is 0.0652. The Bertz CT molecular complexity index is 1620. The van der Waals surface area contributed by atoms with E-state index in [-0.39, 0.29) is 18.7 Å². The molecule has 36 heavy (non-hydrogen) atoms. The maximum atomic E-state index is 12.9. The van der Waals surface area contributed by atoms with E-state index >= 15 is 0 Å². The van der Waals surface area contributed by atoms with Gasteiger partial charge in [0.2, 0.25) is 5.88 Å². The highest BCUT2D eigenvalue weighted by atomic mass is 16.5. The first-order valence-corrected chi connectivity index (χ1v) is 10.9. The number of nitrogens with zero attached hydrogens (tertiary/aromatic N) is 2. The number of esters is 1. The Morgan fingerprint density at radius 2 is 1.53 bits per heavy atom. The molecule has 7 N–H and O–H groups in total. The zero-order valence-corrected chi connectivity index (χ0v) is 19.5. The van der Waals surface area contributed by atoms with E-state index in [0.717, 1.165) is 0 Å². The predicted molar refractivity (Wildman–Crippen MR) is 131 cm³/mol. The van der Waals surface area contributed by atoms with Crippen LogP contribution in [-0.4, -0.2) is 48.1 Å². The van der Waals surface area contributed by atoms with E-state index in [1.54, 1.807) is 36.4 Å². The van der Waals surface area contributed by atoms with Gasteiger partial charge >= 0.3 is 23.1 Å². The van der Waals surface area contributed by atoms with Gasteiger partial charge in [-0.1, -0.05) is 12.1 Å². The second-order valence-corrected chi connectivity index (χ2v) is 9.20. The van der Waals surface area contributed by atoms with Crippen molar-refractivity contribution in [3.8, 4) is 5.88 Å². The second kappa shape index (κ2) is 8.98. The van der Waals surface area contributed by atoms with Crippen LogP contribution in [0, 0.1) is 0 Å². The van der Waals surface area contributed by atoms with Gasteiger partial charge in [-0.25, -0.2) is 14.8 Å². The number of hydrogen-bond donors (Lipinski definition) is 5. The smallest absolute Gasteiger partial charge is 0.332 e. The third-order valence-electron chi connectivity index (χ3n) is 5.67. The van der Waals surface area contributed by atoms with Gasteiger partial charge in [-0.2, -0.15) is 0 Å². The van der Waals surface area contributed by atoms with Gasteiger partial charge in [0.1, 0.15) is 11.1 Å². The molecular weight excluding hydrogens is 468 g/mol. The second-order valence-electron chi connectivity index (χ2n) is 9.20. The number of aliphatic carboxylic acids is 1. The molecule has 0 radical (unpaired) electrons. The summed E-state index contributed by atoms with van der Waals surface area (Å²) in [4.78, 5) is 60.8. The highest BCUT2D eigenvalue weighted by molar-refractivity contribution is 5.84. The van der Waals surface area contributed by atoms with E-state index in [0.29, 0.717) is 33.2 Å². The number of aromatic nitrogens is 4. The van der Waals surface area contributed by atoms with Crippen LogP contribution in [-0.2, 0) is 22.4 Å². The Morgan fingerprint density at radius 3 is 2.22 bits per heavy atom. The number of carboxylic acid groups (broad SMARTS) is 1. The lowest BCUT2D eigenvalue weighted by Gasteiger charge is -2.22. The zero-order chi connectivity index (χ0) is 26.3. The van der Waals surface area contributed by atoms with Gasteiger partial charge in [0.05, 0.1) is 28.3 Å². The average molecular weight is 492 g/mol. The lowest BCUT2D eigenvalue weighted by atomic mass is 9.94. The molecule has 12 heteroatoms. The molecule has 0 spiro atoms. The summed E-state index contributed by atoms with van der Waals surface area (Å²) in [5.41, 5.74) is 10.6. The summed E-state index contributed by atoms with van der Waals surface area (Å²) in [5.74, 6) is -1.97. The lowest BCUT2D eigenvalue weighted by Crippen LogP contribution is -2.49. The van der Waals surface area contributed by atoms with Crippen LogP contribution >= 0.6 is 0 Å². The number of ether oxygens (including phenoxy) is 1. The van der Waals surface area contributed by atoms with Crippen LogP contribution in [0.4, 0.5) is 0 Å². The van der Waals surface area contributed by atoms with E-state index in [4.69, 9.17) is 16.2 Å². The first-order chi connectivity index (χ1) is 16.8. The third kappa shape index (κ3) is 5.14. The molecule has 0 saturated carbocycles. The quantitative estimate of drug-likeness (QED) is 0.177. The molecule has 2 atom stereocenters. The fourth-order valence-corrected chi connectivity index (χ4v) is 3.68. The summed E-state index contributed by atoms with van der Waals surface area (Å²) in [6.07, 6.45) is 1.42. The average Bonchev–Trinajstić information content (AvgIpc) is 2.79. The van der Waals surface area contributed by atoms with Crippen molar-refractivity contribution < 1.29 is 19.4 Å². The molecule has 0 aliphatic heterocycles. The number of carbonyl (C=O) groups is 2. The summed E-state index contributed by atoms with van der Waals surface area (Å²) < 4.78 is 5.40. The highest BCUT2D eigenvalue weighted by Crippen LogP contribution is 2.21. The molecule has 186 valence electrons. The van der Waals surface area contributed by atoms with Crippen LogP contribution in [0.15, 0.2) is 52.2 Å². The van der Waals surface area contributed by atoms with Crippen LogP contribution in [0.3, 0.4) is 0 Å². The van der Waals surface area contributed by atoms with Crippen molar-refractivity contribution in [2.45, 2.75) is 37.8 Å². The lowest BCUT2D eigenvalue weighted by molar-refractivity contribution is -0.142. The van der Waals surface area contributed by atoms with Crippen molar-refractivity contribution in [1.82, 2.24) is 19.9 Å². The number of nitrogens with two attached hydrogens (primary N) is 2. The van der Waals surface area contributed by atoms with E-state index in [1.165, 1.54) is 20.0 Å². The van der Waals surface area contributed by atoms with Crippen molar-refractivity contribution in [3.63, 3.8) is 0 Å². The van der Waals surface area contributed by atoms with Crippen LogP contribution in [0.1, 0.15) is 25.0 Å². The third-order valence-corrected chi connectivity index (χ3v) is 5.67. The first-order valence-electron chi connectivity index (χ1n) is 10.9. The van der Waals surface area contributed by atoms with E-state index in [9.17, 15) is 24.3 Å². The molecule has 2 heterocycles. The Hall–Kier alpha value is -4.42. The minimum atomic E-state index is -1.46. The number of rotatable bonds is 7. The number of carboxylic acids is 1. The van der Waals surface area contributed by atoms with Gasteiger partial charge in [0, 0.05) is 12.8 Å². The summed E-state index contributed by atoms with van der Waals surface area (Å²) in [6, 6.07) is 9.91. The molecule has 12 nitrogen and oxygen atoms in total. The number of aromatic amines is 2. The van der Waals surface area contributed by atoms with Crippen molar-refractivity contribution in [2.24, 2.45) is 11.5 Å². The fourth-order valence-electron chi connectivity index (χ4n) is 3.68. The monoisotopic (exact) mass is 492 g/mol. The summed E-state index contributed by atoms with van der Waals surface area (Å²) >= 11 is 0. The number of benzene rings is 2. The standard InChI is InChI=1S/C24H24N6O6/c1-23(25,21(33)34)9-12-3-5-14-16(7-12)28-18(11-27-14)36-22(35)24(2,26)10-13-4-6-15-17(8-13)30-20(32)19(31)29-15/h3-8,11H,9-10,25-26H2,1-2H3,(H,29,31)(H,30,32)(H,33,34)/t23-,24-/m0/s1. The van der Waals surface area contributed by atoms with Gasteiger partial charge in [0.25, 0.3) is 0 Å². The maximum absolute atomic E-state index is 12.9. The molecule has 2 aromatic heterocycles. The molecule has 0 aliphatic rings. The van der Waals surface area contributed by atoms with E-state index in [2.05, 4.69) is 19.9 Å². The normalized spacial score (nSPS) is 14.8. The summed E-state index contributed by atoms with van der Waals surface area (Å²) in [5, 5.41) is 9.26.